The molecule has 2 aromatic heterocycles. The van der Waals surface area contributed by atoms with Crippen molar-refractivity contribution in [1.29, 1.82) is 0 Å². The topological polar surface area (TPSA) is 136 Å². The van der Waals surface area contributed by atoms with Crippen LogP contribution in [0, 0.1) is 6.92 Å². The number of amides is 1. The number of aryl methyl sites for hydroxylation is 1. The molecule has 0 atom stereocenters. The molecule has 3 rings (SSSR count). The number of hydrogen-bond acceptors (Lipinski definition) is 9. The van der Waals surface area contributed by atoms with E-state index in [4.69, 9.17) is 18.6 Å². The highest BCUT2D eigenvalue weighted by Gasteiger charge is 2.24. The van der Waals surface area contributed by atoms with Gasteiger partial charge in [-0.2, -0.15) is 4.98 Å². The van der Waals surface area contributed by atoms with Crippen LogP contribution >= 0.6 is 0 Å². The molecular weight excluding hydrogens is 456 g/mol. The molecule has 0 aliphatic carbocycles. The van der Waals surface area contributed by atoms with E-state index in [0.717, 1.165) is 0 Å². The molecule has 2 N–H and O–H groups in total. The highest BCUT2D eigenvalue weighted by atomic mass is 16.5. The van der Waals surface area contributed by atoms with Crippen molar-refractivity contribution in [3.05, 3.63) is 45.7 Å². The highest BCUT2D eigenvalue weighted by Crippen LogP contribution is 2.30. The number of fused-ring (bicyclic) bond motifs is 1. The molecule has 188 valence electrons. The predicted molar refractivity (Wildman–Crippen MR) is 129 cm³/mol. The molecule has 3 aromatic rings. The van der Waals surface area contributed by atoms with Gasteiger partial charge in [-0.15, -0.1) is 0 Å². The Morgan fingerprint density at radius 3 is 2.51 bits per heavy atom. The zero-order chi connectivity index (χ0) is 25.5. The van der Waals surface area contributed by atoms with Gasteiger partial charge in [0.15, 0.2) is 11.5 Å². The maximum atomic E-state index is 12.7. The van der Waals surface area contributed by atoms with Crippen LogP contribution in [0.25, 0.3) is 11.1 Å². The number of benzene rings is 1. The second-order valence-corrected chi connectivity index (χ2v) is 7.69. The van der Waals surface area contributed by atoms with Crippen LogP contribution in [-0.2, 0) is 16.1 Å². The SMILES string of the molecule is CCOC(=O)c1c(C)oc2nc(CN(C)CC(=O)Nc3ccc(OCC)c(OCC)c3)[nH]c(=O)c12. The molecule has 0 unspecified atom stereocenters. The Hall–Kier alpha value is -3.86. The molecular formula is C24H30N4O7. The summed E-state index contributed by atoms with van der Waals surface area (Å²) in [5, 5.41) is 2.87. The van der Waals surface area contributed by atoms with Crippen molar-refractivity contribution in [2.45, 2.75) is 34.2 Å². The number of hydrogen-bond donors (Lipinski definition) is 2. The van der Waals surface area contributed by atoms with Crippen LogP contribution in [0.2, 0.25) is 0 Å². The fourth-order valence-corrected chi connectivity index (χ4v) is 3.57. The van der Waals surface area contributed by atoms with Crippen LogP contribution in [0.5, 0.6) is 11.5 Å². The van der Waals surface area contributed by atoms with E-state index in [-0.39, 0.29) is 48.0 Å². The number of H-pyrrole nitrogens is 1. The number of nitrogens with one attached hydrogen (secondary N) is 2. The van der Waals surface area contributed by atoms with Crippen molar-refractivity contribution in [3.63, 3.8) is 0 Å². The third-order valence-corrected chi connectivity index (χ3v) is 4.93. The third-order valence-electron chi connectivity index (χ3n) is 4.93. The summed E-state index contributed by atoms with van der Waals surface area (Å²) in [5.41, 5.74) is 0.165. The molecule has 2 heterocycles. The van der Waals surface area contributed by atoms with Crippen molar-refractivity contribution in [1.82, 2.24) is 14.9 Å². The molecule has 0 spiro atoms. The molecule has 0 bridgehead atoms. The van der Waals surface area contributed by atoms with E-state index in [2.05, 4.69) is 15.3 Å². The summed E-state index contributed by atoms with van der Waals surface area (Å²) >= 11 is 0. The van der Waals surface area contributed by atoms with Gasteiger partial charge < -0.3 is 28.9 Å². The summed E-state index contributed by atoms with van der Waals surface area (Å²) in [4.78, 5) is 46.1. The van der Waals surface area contributed by atoms with E-state index in [0.29, 0.717) is 36.2 Å². The second kappa shape index (κ2) is 11.5. The number of rotatable bonds is 11. The van der Waals surface area contributed by atoms with Gasteiger partial charge in [-0.05, 0) is 46.9 Å². The lowest BCUT2D eigenvalue weighted by atomic mass is 10.2. The van der Waals surface area contributed by atoms with Crippen LogP contribution < -0.4 is 20.3 Å². The Labute approximate surface area is 202 Å². The van der Waals surface area contributed by atoms with E-state index in [1.54, 1.807) is 44.0 Å². The van der Waals surface area contributed by atoms with Crippen molar-refractivity contribution in [2.24, 2.45) is 0 Å². The number of aromatic nitrogens is 2. The van der Waals surface area contributed by atoms with Gasteiger partial charge >= 0.3 is 5.97 Å². The van der Waals surface area contributed by atoms with Crippen molar-refractivity contribution in [2.75, 3.05) is 38.7 Å². The van der Waals surface area contributed by atoms with Gasteiger partial charge in [0, 0.05) is 11.8 Å². The number of nitrogens with zero attached hydrogens (tertiary/aromatic N) is 2. The monoisotopic (exact) mass is 486 g/mol. The summed E-state index contributed by atoms with van der Waals surface area (Å²) in [6, 6.07) is 5.19. The van der Waals surface area contributed by atoms with Crippen molar-refractivity contribution >= 4 is 28.7 Å². The van der Waals surface area contributed by atoms with Gasteiger partial charge in [-0.1, -0.05) is 0 Å². The second-order valence-electron chi connectivity index (χ2n) is 7.69. The van der Waals surface area contributed by atoms with Gasteiger partial charge in [0.1, 0.15) is 22.5 Å². The fourth-order valence-electron chi connectivity index (χ4n) is 3.57. The lowest BCUT2D eigenvalue weighted by molar-refractivity contribution is -0.117. The minimum atomic E-state index is -0.639. The number of carbonyl (C=O) groups excluding carboxylic acids is 2. The minimum absolute atomic E-state index is 0.0319. The van der Waals surface area contributed by atoms with E-state index >= 15 is 0 Å². The summed E-state index contributed by atoms with van der Waals surface area (Å²) in [6.45, 7) is 8.33. The molecule has 1 aromatic carbocycles. The fraction of sp³-hybridized carbons (Fsp3) is 0.417. The Morgan fingerprint density at radius 1 is 1.11 bits per heavy atom. The van der Waals surface area contributed by atoms with Crippen molar-refractivity contribution < 1.29 is 28.2 Å². The summed E-state index contributed by atoms with van der Waals surface area (Å²) in [6.07, 6.45) is 0. The number of ether oxygens (including phenoxy) is 3. The first-order valence-electron chi connectivity index (χ1n) is 11.3. The van der Waals surface area contributed by atoms with E-state index in [1.165, 1.54) is 0 Å². The molecule has 35 heavy (non-hydrogen) atoms. The van der Waals surface area contributed by atoms with Crippen LogP contribution in [0.1, 0.15) is 42.7 Å². The maximum Gasteiger partial charge on any atom is 0.342 e. The molecule has 0 radical (unpaired) electrons. The first kappa shape index (κ1) is 25.8. The minimum Gasteiger partial charge on any atom is -0.490 e. The van der Waals surface area contributed by atoms with Gasteiger partial charge in [0.05, 0.1) is 32.9 Å². The number of carbonyl (C=O) groups is 2. The predicted octanol–water partition coefficient (Wildman–Crippen LogP) is 2.87. The molecule has 0 fully saturated rings. The lowest BCUT2D eigenvalue weighted by Crippen LogP contribution is -2.31. The lowest BCUT2D eigenvalue weighted by Gasteiger charge is -2.16. The first-order valence-corrected chi connectivity index (χ1v) is 11.3. The van der Waals surface area contributed by atoms with Crippen molar-refractivity contribution in [3.8, 4) is 11.5 Å². The maximum absolute atomic E-state index is 12.7. The van der Waals surface area contributed by atoms with Gasteiger partial charge in [-0.25, -0.2) is 4.79 Å². The standard InChI is InChI=1S/C24H30N4O7/c1-6-32-16-10-9-15(11-17(16)33-7-2)25-19(29)13-28(5)12-18-26-22(30)21-20(24(31)34-8-3)14(4)35-23(21)27-18/h9-11H,6-8,12-13H2,1-5H3,(H,25,29)(H,26,27,30). The highest BCUT2D eigenvalue weighted by molar-refractivity contribution is 6.03. The smallest absolute Gasteiger partial charge is 0.342 e. The quantitative estimate of drug-likeness (QED) is 0.392. The number of furan rings is 1. The summed E-state index contributed by atoms with van der Waals surface area (Å²) < 4.78 is 21.7. The van der Waals surface area contributed by atoms with E-state index in [9.17, 15) is 14.4 Å². The first-order chi connectivity index (χ1) is 16.8. The van der Waals surface area contributed by atoms with Gasteiger partial charge in [0.2, 0.25) is 11.6 Å². The number of esters is 1. The average molecular weight is 487 g/mol. The average Bonchev–Trinajstić information content (AvgIpc) is 3.12. The van der Waals surface area contributed by atoms with Crippen LogP contribution in [0.4, 0.5) is 5.69 Å². The summed E-state index contributed by atoms with van der Waals surface area (Å²) in [7, 11) is 1.71. The van der Waals surface area contributed by atoms with Crippen LogP contribution in [-0.4, -0.2) is 60.2 Å². The van der Waals surface area contributed by atoms with Gasteiger partial charge in [-0.3, -0.25) is 14.5 Å². The van der Waals surface area contributed by atoms with E-state index in [1.807, 2.05) is 13.8 Å². The molecule has 0 aliphatic heterocycles. The van der Waals surface area contributed by atoms with E-state index < -0.39 is 11.5 Å². The Bertz CT molecular complexity index is 1260. The van der Waals surface area contributed by atoms with Crippen LogP contribution in [0.3, 0.4) is 0 Å². The molecule has 1 amide bonds. The number of likely N-dealkylation sites (N-methyl/N-ethyl adjacent to an activating group) is 1. The van der Waals surface area contributed by atoms with Crippen LogP contribution in [0.15, 0.2) is 27.4 Å². The Kier molecular flexibility index (Phi) is 8.48. The molecule has 0 aliphatic rings. The Balaban J connectivity index is 1.69. The molecule has 0 saturated carbocycles. The zero-order valence-corrected chi connectivity index (χ0v) is 20.5. The Morgan fingerprint density at radius 2 is 1.83 bits per heavy atom. The normalized spacial score (nSPS) is 11.0. The third kappa shape index (κ3) is 6.18. The molecule has 11 heteroatoms. The molecule has 0 saturated heterocycles. The number of anilines is 1. The largest absolute Gasteiger partial charge is 0.490 e. The van der Waals surface area contributed by atoms with Gasteiger partial charge in [0.25, 0.3) is 5.56 Å². The molecule has 11 nitrogen and oxygen atoms in total. The summed E-state index contributed by atoms with van der Waals surface area (Å²) in [5.74, 6) is 0.797. The number of aromatic amines is 1. The zero-order valence-electron chi connectivity index (χ0n) is 20.5.